The Kier molecular flexibility index (Phi) is 10.1. The van der Waals surface area contributed by atoms with Crippen molar-refractivity contribution in [3.05, 3.63) is 6.92 Å². The van der Waals surface area contributed by atoms with Crippen LogP contribution in [0.2, 0.25) is 18.1 Å². The van der Waals surface area contributed by atoms with Gasteiger partial charge in [0.25, 0.3) is 0 Å². The van der Waals surface area contributed by atoms with Crippen LogP contribution in [-0.4, -0.2) is 38.0 Å². The van der Waals surface area contributed by atoms with Crippen molar-refractivity contribution < 1.29 is 21.4 Å². The molecule has 0 aliphatic rings. The Morgan fingerprint density at radius 1 is 1.07 bits per heavy atom. The van der Waals surface area contributed by atoms with Crippen LogP contribution >= 0.6 is 0 Å². The first kappa shape index (κ1) is 21.7. The van der Waals surface area contributed by atoms with Crippen LogP contribution in [0.15, 0.2) is 0 Å². The zero-order valence-electron chi connectivity index (χ0n) is 11.4. The van der Waals surface area contributed by atoms with E-state index < -0.39 is 8.32 Å². The molecule has 0 N–H and O–H groups in total. The van der Waals surface area contributed by atoms with Crippen LogP contribution in [0.1, 0.15) is 34.6 Å². The van der Waals surface area contributed by atoms with E-state index in [0.29, 0.717) is 5.04 Å². The van der Waals surface area contributed by atoms with Crippen molar-refractivity contribution in [2.75, 3.05) is 6.61 Å². The summed E-state index contributed by atoms with van der Waals surface area (Å²) in [5, 5.41) is 0.304. The number of hydrogen-bond acceptors (Lipinski definition) is 1. The van der Waals surface area contributed by atoms with E-state index in [1.54, 1.807) is 0 Å². The molecule has 0 saturated carbocycles. The fourth-order valence-corrected chi connectivity index (χ4v) is 1.78. The molecule has 0 fully saturated rings. The van der Waals surface area contributed by atoms with Crippen LogP contribution < -0.4 is 17.0 Å². The maximum Gasteiger partial charge on any atom is 2.00 e. The Hall–Kier alpha value is 1.42. The minimum Gasteiger partial charge on any atom is -1.00 e. The molecule has 88 valence electrons. The average Bonchev–Trinajstić information content (AvgIpc) is 1.79. The molecular formula is C11H25BrMgOSi. The van der Waals surface area contributed by atoms with Gasteiger partial charge in [0.05, 0.1) is 0 Å². The van der Waals surface area contributed by atoms with Crippen LogP contribution in [0.4, 0.5) is 0 Å². The summed E-state index contributed by atoms with van der Waals surface area (Å²) in [5.74, 6) is 0. The molecule has 0 aromatic carbocycles. The summed E-state index contributed by atoms with van der Waals surface area (Å²) in [6, 6.07) is 0. The molecule has 0 aliphatic heterocycles. The largest absolute Gasteiger partial charge is 2.00 e. The molecule has 0 radical (unpaired) electrons. The van der Waals surface area contributed by atoms with Gasteiger partial charge in [0.2, 0.25) is 0 Å². The molecule has 0 unspecified atom stereocenters. The molecule has 0 atom stereocenters. The van der Waals surface area contributed by atoms with E-state index in [2.05, 4.69) is 54.6 Å². The van der Waals surface area contributed by atoms with Gasteiger partial charge in [0, 0.05) is 6.61 Å². The molecule has 0 amide bonds. The van der Waals surface area contributed by atoms with Crippen LogP contribution in [0.3, 0.4) is 0 Å². The van der Waals surface area contributed by atoms with Gasteiger partial charge in [-0.2, -0.15) is 0 Å². The third-order valence-corrected chi connectivity index (χ3v) is 7.11. The van der Waals surface area contributed by atoms with Gasteiger partial charge in [-0.05, 0) is 18.1 Å². The molecule has 0 aromatic heterocycles. The average molecular weight is 306 g/mol. The zero-order valence-corrected chi connectivity index (χ0v) is 15.4. The Labute approximate surface area is 124 Å². The van der Waals surface area contributed by atoms with Crippen molar-refractivity contribution in [1.29, 1.82) is 0 Å². The fraction of sp³-hybridized carbons (Fsp3) is 0.909. The molecule has 0 rings (SSSR count). The minimum atomic E-state index is -1.55. The van der Waals surface area contributed by atoms with E-state index in [1.165, 1.54) is 0 Å². The minimum absolute atomic E-state index is 0. The Balaban J connectivity index is -0.000000720. The second-order valence-corrected chi connectivity index (χ2v) is 11.0. The molecule has 1 nitrogen and oxygen atoms in total. The predicted octanol–water partition coefficient (Wildman–Crippen LogP) is 0.492. The van der Waals surface area contributed by atoms with Gasteiger partial charge in [0.15, 0.2) is 8.32 Å². The monoisotopic (exact) mass is 304 g/mol. The van der Waals surface area contributed by atoms with Gasteiger partial charge < -0.3 is 28.3 Å². The van der Waals surface area contributed by atoms with Gasteiger partial charge in [-0.3, -0.25) is 0 Å². The van der Waals surface area contributed by atoms with E-state index in [0.717, 1.165) is 6.61 Å². The molecular weight excluding hydrogens is 280 g/mol. The molecule has 0 heterocycles. The normalized spacial score (nSPS) is 12.8. The van der Waals surface area contributed by atoms with E-state index in [4.69, 9.17) is 4.43 Å². The van der Waals surface area contributed by atoms with Crippen molar-refractivity contribution in [2.24, 2.45) is 5.41 Å². The summed E-state index contributed by atoms with van der Waals surface area (Å²) in [6.45, 7) is 20.4. The number of hydrogen-bond donors (Lipinski definition) is 0. The van der Waals surface area contributed by atoms with Crippen LogP contribution in [0, 0.1) is 12.3 Å². The van der Waals surface area contributed by atoms with Gasteiger partial charge in [-0.1, -0.05) is 34.6 Å². The first-order valence-electron chi connectivity index (χ1n) is 4.95. The van der Waals surface area contributed by atoms with E-state index in [-0.39, 0.29) is 45.4 Å². The van der Waals surface area contributed by atoms with Crippen molar-refractivity contribution in [1.82, 2.24) is 0 Å². The molecule has 0 spiro atoms. The molecule has 4 heteroatoms. The van der Waals surface area contributed by atoms with Crippen LogP contribution in [0.5, 0.6) is 0 Å². The van der Waals surface area contributed by atoms with E-state index in [1.807, 2.05) is 0 Å². The summed E-state index contributed by atoms with van der Waals surface area (Å²) < 4.78 is 6.03. The van der Waals surface area contributed by atoms with Crippen LogP contribution in [-0.2, 0) is 4.43 Å². The quantitative estimate of drug-likeness (QED) is 0.545. The smallest absolute Gasteiger partial charge is 1.00 e. The molecule has 0 aromatic rings. The van der Waals surface area contributed by atoms with Crippen molar-refractivity contribution in [2.45, 2.75) is 52.8 Å². The second kappa shape index (κ2) is 6.99. The van der Waals surface area contributed by atoms with Crippen molar-refractivity contribution in [3.8, 4) is 0 Å². The fourth-order valence-electron chi connectivity index (χ4n) is 0.592. The number of halogens is 1. The van der Waals surface area contributed by atoms with Crippen molar-refractivity contribution >= 4 is 31.4 Å². The summed E-state index contributed by atoms with van der Waals surface area (Å²) >= 11 is 0. The topological polar surface area (TPSA) is 9.23 Å². The summed E-state index contributed by atoms with van der Waals surface area (Å²) in [6.07, 6.45) is 0. The molecule has 0 bridgehead atoms. The summed E-state index contributed by atoms with van der Waals surface area (Å²) in [5.41, 5.74) is 0.0372. The maximum atomic E-state index is 6.03. The third kappa shape index (κ3) is 9.15. The third-order valence-electron chi connectivity index (χ3n) is 2.63. The molecule has 0 saturated heterocycles. The summed E-state index contributed by atoms with van der Waals surface area (Å²) in [4.78, 5) is 0. The summed E-state index contributed by atoms with van der Waals surface area (Å²) in [7, 11) is -1.55. The van der Waals surface area contributed by atoms with Gasteiger partial charge in [-0.25, -0.2) is 0 Å². The van der Waals surface area contributed by atoms with E-state index >= 15 is 0 Å². The first-order chi connectivity index (χ1) is 5.46. The van der Waals surface area contributed by atoms with E-state index in [9.17, 15) is 0 Å². The first-order valence-corrected chi connectivity index (χ1v) is 7.86. The van der Waals surface area contributed by atoms with Crippen molar-refractivity contribution in [3.63, 3.8) is 0 Å². The SMILES string of the molecule is [Br-].[CH2-]C(C)(C)CO[Si](C)(C)C(C)(C)C.[Mg+2]. The van der Waals surface area contributed by atoms with Crippen LogP contribution in [0.25, 0.3) is 0 Å². The molecule has 0 aliphatic carbocycles. The predicted molar refractivity (Wildman–Crippen MR) is 68.0 cm³/mol. The van der Waals surface area contributed by atoms with Gasteiger partial charge in [-0.15, -0.1) is 5.41 Å². The number of rotatable bonds is 3. The zero-order chi connectivity index (χ0) is 10.9. The maximum absolute atomic E-state index is 6.03. The Morgan fingerprint density at radius 2 is 1.40 bits per heavy atom. The Morgan fingerprint density at radius 3 is 1.60 bits per heavy atom. The Bertz CT molecular complexity index is 170. The second-order valence-electron chi connectivity index (χ2n) is 6.21. The molecule has 15 heavy (non-hydrogen) atoms. The standard InChI is InChI=1S/C11H25OSi.BrH.Mg/c1-10(2,3)9-12-13(7,8)11(4,5)6;;/h1,9H2,2-8H3;1H;/q-1;;+2/p-1. The van der Waals surface area contributed by atoms with Gasteiger partial charge in [0.1, 0.15) is 0 Å². The van der Waals surface area contributed by atoms with Gasteiger partial charge >= 0.3 is 23.1 Å².